The summed E-state index contributed by atoms with van der Waals surface area (Å²) in [4.78, 5) is 4.34. The number of nitrogens with zero attached hydrogens (tertiary/aromatic N) is 2. The minimum Gasteiger partial charge on any atom is -0.373 e. The zero-order chi connectivity index (χ0) is 11.0. The van der Waals surface area contributed by atoms with Gasteiger partial charge in [0.15, 0.2) is 0 Å². The number of hydrogen-bond acceptors (Lipinski definition) is 2. The molecule has 0 atom stereocenters. The number of fused-ring (bicyclic) bond motifs is 1. The van der Waals surface area contributed by atoms with E-state index < -0.39 is 0 Å². The van der Waals surface area contributed by atoms with Crippen LogP contribution in [0.4, 0.5) is 10.2 Å². The van der Waals surface area contributed by atoms with Crippen LogP contribution in [0, 0.1) is 5.82 Å². The van der Waals surface area contributed by atoms with Crippen molar-refractivity contribution in [1.29, 1.82) is 0 Å². The van der Waals surface area contributed by atoms with Gasteiger partial charge in [0.05, 0.1) is 10.2 Å². The zero-order valence-electron chi connectivity index (χ0n) is 8.51. The van der Waals surface area contributed by atoms with Gasteiger partial charge in [-0.1, -0.05) is 6.92 Å². The molecule has 0 spiro atoms. The van der Waals surface area contributed by atoms with E-state index in [1.54, 1.807) is 6.20 Å². The van der Waals surface area contributed by atoms with E-state index in [1.165, 1.54) is 6.07 Å². The molecule has 5 heteroatoms. The lowest BCUT2D eigenvalue weighted by atomic mass is 10.3. The molecule has 0 saturated carbocycles. The first kappa shape index (κ1) is 10.4. The third kappa shape index (κ3) is 1.61. The van der Waals surface area contributed by atoms with E-state index in [0.717, 1.165) is 17.9 Å². The second kappa shape index (κ2) is 3.81. The molecule has 0 amide bonds. The van der Waals surface area contributed by atoms with Crippen molar-refractivity contribution in [3.63, 3.8) is 0 Å². The van der Waals surface area contributed by atoms with Crippen molar-refractivity contribution in [1.82, 2.24) is 9.38 Å². The van der Waals surface area contributed by atoms with Crippen LogP contribution >= 0.6 is 15.9 Å². The van der Waals surface area contributed by atoms with E-state index in [1.807, 2.05) is 18.4 Å². The van der Waals surface area contributed by atoms with Crippen LogP contribution in [0.3, 0.4) is 0 Å². The minimum absolute atomic E-state index is 0.294. The van der Waals surface area contributed by atoms with E-state index in [4.69, 9.17) is 0 Å². The predicted octanol–water partition coefficient (Wildman–Crippen LogP) is 2.84. The lowest BCUT2D eigenvalue weighted by Crippen LogP contribution is -1.97. The molecule has 0 fully saturated rings. The molecule has 2 aromatic rings. The van der Waals surface area contributed by atoms with Crippen molar-refractivity contribution in [3.8, 4) is 0 Å². The van der Waals surface area contributed by atoms with Crippen LogP contribution in [0.15, 0.2) is 16.7 Å². The highest BCUT2D eigenvalue weighted by Gasteiger charge is 2.11. The fourth-order valence-electron chi connectivity index (χ4n) is 1.60. The smallest absolute Gasteiger partial charge is 0.142 e. The Labute approximate surface area is 95.4 Å². The molecule has 80 valence electrons. The Morgan fingerprint density at radius 3 is 2.93 bits per heavy atom. The standard InChI is InChI=1S/C10H11BrFN3/c1-3-8-10(13-2)15-5-6(11)7(12)4-9(15)14-8/h4-5,13H,3H2,1-2H3. The molecule has 3 nitrogen and oxygen atoms in total. The molecular formula is C10H11BrFN3. The third-order valence-corrected chi connectivity index (χ3v) is 2.89. The number of hydrogen-bond donors (Lipinski definition) is 1. The molecule has 0 aliphatic carbocycles. The Morgan fingerprint density at radius 1 is 1.60 bits per heavy atom. The molecule has 0 saturated heterocycles. The number of aromatic nitrogens is 2. The molecule has 0 radical (unpaired) electrons. The summed E-state index contributed by atoms with van der Waals surface area (Å²) in [5.74, 6) is 0.617. The van der Waals surface area contributed by atoms with E-state index in [0.29, 0.717) is 10.1 Å². The molecule has 2 aromatic heterocycles. The van der Waals surface area contributed by atoms with Gasteiger partial charge in [0, 0.05) is 19.3 Å². The van der Waals surface area contributed by atoms with Crippen LogP contribution in [-0.4, -0.2) is 16.4 Å². The van der Waals surface area contributed by atoms with Gasteiger partial charge in [0.2, 0.25) is 0 Å². The maximum Gasteiger partial charge on any atom is 0.142 e. The summed E-state index contributed by atoms with van der Waals surface area (Å²) in [7, 11) is 1.83. The summed E-state index contributed by atoms with van der Waals surface area (Å²) in [6.45, 7) is 2.02. The van der Waals surface area contributed by atoms with Crippen molar-refractivity contribution in [3.05, 3.63) is 28.2 Å². The highest BCUT2D eigenvalue weighted by Crippen LogP contribution is 2.23. The summed E-state index contributed by atoms with van der Waals surface area (Å²) in [5, 5.41) is 3.07. The molecular weight excluding hydrogens is 261 g/mol. The topological polar surface area (TPSA) is 29.3 Å². The Balaban J connectivity index is 2.77. The summed E-state index contributed by atoms with van der Waals surface area (Å²) in [6.07, 6.45) is 2.50. The van der Waals surface area contributed by atoms with Gasteiger partial charge in [-0.15, -0.1) is 0 Å². The van der Waals surface area contributed by atoms with Gasteiger partial charge in [-0.3, -0.25) is 4.40 Å². The lowest BCUT2D eigenvalue weighted by molar-refractivity contribution is 0.619. The van der Waals surface area contributed by atoms with E-state index >= 15 is 0 Å². The zero-order valence-corrected chi connectivity index (χ0v) is 10.1. The van der Waals surface area contributed by atoms with Crippen molar-refractivity contribution in [2.75, 3.05) is 12.4 Å². The van der Waals surface area contributed by atoms with Crippen LogP contribution in [-0.2, 0) is 6.42 Å². The van der Waals surface area contributed by atoms with Crippen LogP contribution < -0.4 is 5.32 Å². The largest absolute Gasteiger partial charge is 0.373 e. The fraction of sp³-hybridized carbons (Fsp3) is 0.300. The normalized spacial score (nSPS) is 10.9. The van der Waals surface area contributed by atoms with Gasteiger partial charge in [-0.05, 0) is 22.4 Å². The van der Waals surface area contributed by atoms with Gasteiger partial charge in [0.25, 0.3) is 0 Å². The molecule has 2 rings (SSSR count). The summed E-state index contributed by atoms with van der Waals surface area (Å²) in [5.41, 5.74) is 1.56. The van der Waals surface area contributed by atoms with Crippen LogP contribution in [0.25, 0.3) is 5.65 Å². The lowest BCUT2D eigenvalue weighted by Gasteiger charge is -2.03. The molecule has 0 aliphatic heterocycles. The molecule has 0 aliphatic rings. The minimum atomic E-state index is -0.294. The van der Waals surface area contributed by atoms with Crippen molar-refractivity contribution in [2.24, 2.45) is 0 Å². The molecule has 15 heavy (non-hydrogen) atoms. The Kier molecular flexibility index (Phi) is 2.65. The Hall–Kier alpha value is -1.10. The molecule has 0 aromatic carbocycles. The number of aryl methyl sites for hydroxylation is 1. The number of pyridine rings is 1. The summed E-state index contributed by atoms with van der Waals surface area (Å²) in [6, 6.07) is 1.42. The van der Waals surface area contributed by atoms with Crippen LogP contribution in [0.5, 0.6) is 0 Å². The first-order valence-electron chi connectivity index (χ1n) is 4.71. The molecule has 0 unspecified atom stereocenters. The number of anilines is 1. The number of imidazole rings is 1. The third-order valence-electron chi connectivity index (χ3n) is 2.31. The van der Waals surface area contributed by atoms with Crippen LogP contribution in [0.2, 0.25) is 0 Å². The van der Waals surface area contributed by atoms with E-state index in [9.17, 15) is 4.39 Å². The second-order valence-electron chi connectivity index (χ2n) is 3.21. The predicted molar refractivity (Wildman–Crippen MR) is 61.8 cm³/mol. The maximum absolute atomic E-state index is 13.3. The first-order chi connectivity index (χ1) is 7.17. The monoisotopic (exact) mass is 271 g/mol. The molecule has 2 heterocycles. The second-order valence-corrected chi connectivity index (χ2v) is 4.06. The van der Waals surface area contributed by atoms with Gasteiger partial charge in [0.1, 0.15) is 17.3 Å². The highest BCUT2D eigenvalue weighted by atomic mass is 79.9. The van der Waals surface area contributed by atoms with E-state index in [-0.39, 0.29) is 5.82 Å². The summed E-state index contributed by atoms with van der Waals surface area (Å²) < 4.78 is 15.6. The highest BCUT2D eigenvalue weighted by molar-refractivity contribution is 9.10. The van der Waals surface area contributed by atoms with Crippen LogP contribution in [0.1, 0.15) is 12.6 Å². The molecule has 0 bridgehead atoms. The fourth-order valence-corrected chi connectivity index (χ4v) is 1.92. The number of rotatable bonds is 2. The maximum atomic E-state index is 13.3. The van der Waals surface area contributed by atoms with E-state index in [2.05, 4.69) is 26.2 Å². The first-order valence-corrected chi connectivity index (χ1v) is 5.50. The Bertz CT molecular complexity index is 507. The van der Waals surface area contributed by atoms with Crippen molar-refractivity contribution < 1.29 is 4.39 Å². The molecule has 1 N–H and O–H groups in total. The van der Waals surface area contributed by atoms with Gasteiger partial charge >= 0.3 is 0 Å². The number of halogens is 2. The van der Waals surface area contributed by atoms with Crippen molar-refractivity contribution in [2.45, 2.75) is 13.3 Å². The average molecular weight is 272 g/mol. The Morgan fingerprint density at radius 2 is 2.33 bits per heavy atom. The van der Waals surface area contributed by atoms with Crippen molar-refractivity contribution >= 4 is 27.4 Å². The summed E-state index contributed by atoms with van der Waals surface area (Å²) >= 11 is 3.16. The SMILES string of the molecule is CCc1nc2cc(F)c(Br)cn2c1NC. The van der Waals surface area contributed by atoms with Gasteiger partial charge in [-0.2, -0.15) is 0 Å². The quantitative estimate of drug-likeness (QED) is 0.910. The number of nitrogens with one attached hydrogen (secondary N) is 1. The van der Waals surface area contributed by atoms with Gasteiger partial charge < -0.3 is 5.32 Å². The average Bonchev–Trinajstić information content (AvgIpc) is 2.56. The van der Waals surface area contributed by atoms with Gasteiger partial charge in [-0.25, -0.2) is 9.37 Å².